The number of amides is 1. The quantitative estimate of drug-likeness (QED) is 0.819. The molecule has 0 aromatic heterocycles. The smallest absolute Gasteiger partial charge is 0.422 e. The van der Waals surface area contributed by atoms with Crippen LogP contribution in [0.2, 0.25) is 0 Å². The molecule has 0 aliphatic heterocycles. The van der Waals surface area contributed by atoms with Gasteiger partial charge in [0.25, 0.3) is 0 Å². The Hall–Kier alpha value is -1.59. The first kappa shape index (κ1) is 15.8. The number of carbonyl (C=O) groups is 1. The Labute approximate surface area is 126 Å². The number of rotatable bonds is 5. The van der Waals surface area contributed by atoms with Gasteiger partial charge in [-0.05, 0) is 39.2 Å². The normalized spacial score (nSPS) is 21.5. The van der Waals surface area contributed by atoms with Crippen LogP contribution in [0.4, 0.5) is 4.79 Å². The van der Waals surface area contributed by atoms with Crippen LogP contribution in [0.1, 0.15) is 39.2 Å². The fraction of sp³-hybridized carbons (Fsp3) is 0.562. The molecule has 116 valence electrons. The molecule has 0 radical (unpaired) electrons. The molecule has 5 heteroatoms. The molecule has 0 bridgehead atoms. The van der Waals surface area contributed by atoms with Crippen molar-refractivity contribution in [2.45, 2.75) is 58.0 Å². The molecule has 0 heterocycles. The van der Waals surface area contributed by atoms with Crippen LogP contribution in [0.3, 0.4) is 0 Å². The lowest BCUT2D eigenvalue weighted by atomic mass is 9.90. The molecule has 0 saturated heterocycles. The van der Waals surface area contributed by atoms with Gasteiger partial charge in [-0.2, -0.15) is 0 Å². The van der Waals surface area contributed by atoms with Gasteiger partial charge in [-0.15, -0.1) is 0 Å². The molecular weight excluding hydrogens is 268 g/mol. The summed E-state index contributed by atoms with van der Waals surface area (Å²) < 4.78 is 10.9. The number of nitrogens with one attached hydrogen (secondary N) is 2. The van der Waals surface area contributed by atoms with Crippen LogP contribution in [0.5, 0.6) is 0 Å². The Bertz CT molecular complexity index is 450. The average Bonchev–Trinajstić information content (AvgIpc) is 2.35. The Morgan fingerprint density at radius 2 is 1.90 bits per heavy atom. The van der Waals surface area contributed by atoms with Crippen LogP contribution in [0.15, 0.2) is 30.3 Å². The Kier molecular flexibility index (Phi) is 5.20. The van der Waals surface area contributed by atoms with E-state index in [0.717, 1.165) is 12.8 Å². The summed E-state index contributed by atoms with van der Waals surface area (Å²) in [5.41, 5.74) is 6.24. The van der Waals surface area contributed by atoms with Gasteiger partial charge in [0.15, 0.2) is 0 Å². The molecule has 1 amide bonds. The van der Waals surface area contributed by atoms with E-state index in [1.54, 1.807) is 0 Å². The van der Waals surface area contributed by atoms with Gasteiger partial charge in [0, 0.05) is 6.04 Å². The van der Waals surface area contributed by atoms with Gasteiger partial charge in [-0.25, -0.2) is 10.2 Å². The lowest BCUT2D eigenvalue weighted by molar-refractivity contribution is -0.0306. The van der Waals surface area contributed by atoms with Crippen LogP contribution in [0.25, 0.3) is 0 Å². The van der Waals surface area contributed by atoms with Gasteiger partial charge >= 0.3 is 6.09 Å². The Balaban J connectivity index is 1.56. The molecule has 0 atom stereocenters. The molecule has 5 nitrogen and oxygen atoms in total. The second kappa shape index (κ2) is 6.91. The highest BCUT2D eigenvalue weighted by atomic mass is 16.6. The third-order valence-corrected chi connectivity index (χ3v) is 3.20. The van der Waals surface area contributed by atoms with Gasteiger partial charge < -0.3 is 9.47 Å². The van der Waals surface area contributed by atoms with Crippen LogP contribution in [-0.2, 0) is 16.1 Å². The van der Waals surface area contributed by atoms with Crippen molar-refractivity contribution in [3.8, 4) is 0 Å². The van der Waals surface area contributed by atoms with E-state index in [-0.39, 0.29) is 12.1 Å². The van der Waals surface area contributed by atoms with Crippen LogP contribution < -0.4 is 10.9 Å². The molecule has 2 rings (SSSR count). The van der Waals surface area contributed by atoms with Crippen molar-refractivity contribution in [2.75, 3.05) is 0 Å². The maximum atomic E-state index is 11.5. The van der Waals surface area contributed by atoms with Gasteiger partial charge in [0.05, 0.1) is 12.7 Å². The fourth-order valence-electron chi connectivity index (χ4n) is 2.07. The zero-order valence-electron chi connectivity index (χ0n) is 12.9. The van der Waals surface area contributed by atoms with Crippen molar-refractivity contribution in [3.63, 3.8) is 0 Å². The van der Waals surface area contributed by atoms with E-state index in [0.29, 0.717) is 6.61 Å². The van der Waals surface area contributed by atoms with E-state index in [1.165, 1.54) is 5.56 Å². The topological polar surface area (TPSA) is 59.6 Å². The number of carbonyl (C=O) groups excluding carboxylic acids is 1. The molecule has 1 aliphatic carbocycles. The molecule has 1 aromatic rings. The summed E-state index contributed by atoms with van der Waals surface area (Å²) in [5.74, 6) is 0. The van der Waals surface area contributed by atoms with Crippen molar-refractivity contribution in [1.29, 1.82) is 0 Å². The summed E-state index contributed by atoms with van der Waals surface area (Å²) in [5, 5.41) is 0. The molecule has 21 heavy (non-hydrogen) atoms. The number of hydrogen-bond donors (Lipinski definition) is 2. The molecule has 1 saturated carbocycles. The van der Waals surface area contributed by atoms with E-state index in [4.69, 9.17) is 9.47 Å². The first-order valence-electron chi connectivity index (χ1n) is 7.32. The highest BCUT2D eigenvalue weighted by molar-refractivity contribution is 5.67. The minimum atomic E-state index is -0.479. The predicted octanol–water partition coefficient (Wildman–Crippen LogP) is 2.76. The van der Waals surface area contributed by atoms with Crippen LogP contribution >= 0.6 is 0 Å². The second-order valence-electron chi connectivity index (χ2n) is 6.36. The Morgan fingerprint density at radius 3 is 2.52 bits per heavy atom. The summed E-state index contributed by atoms with van der Waals surface area (Å²) in [6.45, 7) is 6.15. The van der Waals surface area contributed by atoms with Gasteiger partial charge in [0.1, 0.15) is 5.60 Å². The summed E-state index contributed by atoms with van der Waals surface area (Å²) >= 11 is 0. The molecular formula is C16H24N2O3. The maximum Gasteiger partial charge on any atom is 0.422 e. The van der Waals surface area contributed by atoms with Crippen LogP contribution in [-0.4, -0.2) is 23.8 Å². The molecule has 0 spiro atoms. The first-order valence-corrected chi connectivity index (χ1v) is 7.32. The number of benzene rings is 1. The summed E-state index contributed by atoms with van der Waals surface area (Å²) in [4.78, 5) is 11.5. The summed E-state index contributed by atoms with van der Waals surface area (Å²) in [7, 11) is 0. The zero-order valence-corrected chi connectivity index (χ0v) is 12.9. The number of ether oxygens (including phenoxy) is 2. The average molecular weight is 292 g/mol. The van der Waals surface area contributed by atoms with Crippen molar-refractivity contribution >= 4 is 6.09 Å². The lowest BCUT2D eigenvalue weighted by Gasteiger charge is -2.35. The largest absolute Gasteiger partial charge is 0.443 e. The minimum Gasteiger partial charge on any atom is -0.443 e. The van der Waals surface area contributed by atoms with Crippen LogP contribution in [0, 0.1) is 0 Å². The first-order chi connectivity index (χ1) is 9.92. The fourth-order valence-corrected chi connectivity index (χ4v) is 2.07. The van der Waals surface area contributed by atoms with Gasteiger partial charge in [-0.3, -0.25) is 5.43 Å². The van der Waals surface area contributed by atoms with E-state index < -0.39 is 11.7 Å². The molecule has 0 unspecified atom stereocenters. The number of hydrogen-bond acceptors (Lipinski definition) is 4. The highest BCUT2D eigenvalue weighted by Crippen LogP contribution is 2.24. The van der Waals surface area contributed by atoms with Crippen molar-refractivity contribution in [2.24, 2.45) is 0 Å². The SMILES string of the molecule is CC(C)(C)OC(=O)NNC1CC(OCc2ccccc2)C1. The van der Waals surface area contributed by atoms with Gasteiger partial charge in [-0.1, -0.05) is 30.3 Å². The summed E-state index contributed by atoms with van der Waals surface area (Å²) in [6, 6.07) is 10.4. The monoisotopic (exact) mass is 292 g/mol. The number of hydrazine groups is 1. The van der Waals surface area contributed by atoms with Crippen molar-refractivity contribution in [3.05, 3.63) is 35.9 Å². The predicted molar refractivity (Wildman–Crippen MR) is 80.5 cm³/mol. The molecule has 1 aliphatic rings. The highest BCUT2D eigenvalue weighted by Gasteiger charge is 2.30. The maximum absolute atomic E-state index is 11.5. The zero-order chi connectivity index (χ0) is 15.3. The Morgan fingerprint density at radius 1 is 1.24 bits per heavy atom. The van der Waals surface area contributed by atoms with Crippen molar-refractivity contribution < 1.29 is 14.3 Å². The molecule has 1 fully saturated rings. The van der Waals surface area contributed by atoms with E-state index in [1.807, 2.05) is 39.0 Å². The van der Waals surface area contributed by atoms with Crippen molar-refractivity contribution in [1.82, 2.24) is 10.9 Å². The molecule has 1 aromatic carbocycles. The van der Waals surface area contributed by atoms with Gasteiger partial charge in [0.2, 0.25) is 0 Å². The third kappa shape index (κ3) is 5.73. The minimum absolute atomic E-state index is 0.248. The summed E-state index contributed by atoms with van der Waals surface area (Å²) in [6.07, 6.45) is 1.59. The molecule has 2 N–H and O–H groups in total. The standard InChI is InChI=1S/C16H24N2O3/c1-16(2,3)21-15(19)18-17-13-9-14(10-13)20-11-12-7-5-4-6-8-12/h4-8,13-14,17H,9-11H2,1-3H3,(H,18,19). The third-order valence-electron chi connectivity index (χ3n) is 3.20. The van der Waals surface area contributed by atoms with E-state index in [9.17, 15) is 4.79 Å². The van der Waals surface area contributed by atoms with E-state index in [2.05, 4.69) is 23.0 Å². The lowest BCUT2D eigenvalue weighted by Crippen LogP contribution is -2.53. The van der Waals surface area contributed by atoms with E-state index >= 15 is 0 Å². The second-order valence-corrected chi connectivity index (χ2v) is 6.36.